The van der Waals surface area contributed by atoms with Crippen LogP contribution in [0, 0.1) is 23.7 Å². The summed E-state index contributed by atoms with van der Waals surface area (Å²) in [4.78, 5) is 0. The highest BCUT2D eigenvalue weighted by atomic mass is 16.6. The first kappa shape index (κ1) is 17.3. The third kappa shape index (κ3) is 5.69. The molecule has 2 heteroatoms. The van der Waals surface area contributed by atoms with Crippen LogP contribution in [-0.2, 0) is 4.74 Å². The van der Waals surface area contributed by atoms with Crippen molar-refractivity contribution >= 4 is 0 Å². The Labute approximate surface area is 124 Å². The first-order chi connectivity index (χ1) is 9.72. The Morgan fingerprint density at radius 3 is 2.65 bits per heavy atom. The molecule has 1 aliphatic heterocycles. The van der Waals surface area contributed by atoms with E-state index in [9.17, 15) is 5.11 Å². The highest BCUT2D eigenvalue weighted by molar-refractivity contribution is 5.13. The fraction of sp³-hybridized carbons (Fsp3) is 0.778. The summed E-state index contributed by atoms with van der Waals surface area (Å²) >= 11 is 0. The van der Waals surface area contributed by atoms with E-state index >= 15 is 0 Å². The minimum absolute atomic E-state index is 0.145. The summed E-state index contributed by atoms with van der Waals surface area (Å²) in [6, 6.07) is 0. The van der Waals surface area contributed by atoms with E-state index in [1.165, 1.54) is 19.3 Å². The summed E-state index contributed by atoms with van der Waals surface area (Å²) in [6.07, 6.45) is 11.0. The van der Waals surface area contributed by atoms with Crippen LogP contribution >= 0.6 is 0 Å². The van der Waals surface area contributed by atoms with E-state index in [0.717, 1.165) is 25.7 Å². The minimum Gasteiger partial charge on any atom is -0.368 e. The van der Waals surface area contributed by atoms with E-state index in [2.05, 4.69) is 37.8 Å². The number of ether oxygens (including phenoxy) is 1. The van der Waals surface area contributed by atoms with E-state index < -0.39 is 6.29 Å². The van der Waals surface area contributed by atoms with Crippen molar-refractivity contribution < 1.29 is 9.84 Å². The molecule has 1 heterocycles. The van der Waals surface area contributed by atoms with Gasteiger partial charge in [-0.2, -0.15) is 0 Å². The Hall–Kier alpha value is -0.780. The second-order valence-corrected chi connectivity index (χ2v) is 5.68. The zero-order valence-electron chi connectivity index (χ0n) is 13.3. The van der Waals surface area contributed by atoms with Gasteiger partial charge >= 0.3 is 0 Å². The van der Waals surface area contributed by atoms with Crippen LogP contribution in [0.15, 0.2) is 12.2 Å². The monoisotopic (exact) mass is 278 g/mol. The maximum atomic E-state index is 9.92. The van der Waals surface area contributed by atoms with Crippen molar-refractivity contribution in [1.29, 1.82) is 0 Å². The highest BCUT2D eigenvalue weighted by Gasteiger charge is 2.35. The first-order valence-corrected chi connectivity index (χ1v) is 8.17. The van der Waals surface area contributed by atoms with Crippen LogP contribution in [0.1, 0.15) is 65.7 Å². The molecule has 0 saturated carbocycles. The fourth-order valence-corrected chi connectivity index (χ4v) is 2.80. The lowest BCUT2D eigenvalue weighted by Crippen LogP contribution is -2.39. The Morgan fingerprint density at radius 2 is 2.00 bits per heavy atom. The topological polar surface area (TPSA) is 29.5 Å². The molecule has 20 heavy (non-hydrogen) atoms. The molecule has 0 aliphatic carbocycles. The van der Waals surface area contributed by atoms with Crippen LogP contribution in [0.2, 0.25) is 0 Å². The van der Waals surface area contributed by atoms with Gasteiger partial charge in [-0.05, 0) is 25.7 Å². The molecule has 114 valence electrons. The quantitative estimate of drug-likeness (QED) is 0.446. The molecule has 4 unspecified atom stereocenters. The number of unbranched alkanes of at least 4 members (excludes halogenated alkanes) is 3. The molecule has 0 amide bonds. The smallest absolute Gasteiger partial charge is 0.156 e. The number of rotatable bonds is 6. The van der Waals surface area contributed by atoms with Gasteiger partial charge in [-0.15, -0.1) is 5.92 Å². The van der Waals surface area contributed by atoms with E-state index in [4.69, 9.17) is 4.74 Å². The zero-order chi connectivity index (χ0) is 14.8. The molecule has 0 bridgehead atoms. The predicted molar refractivity (Wildman–Crippen MR) is 84.1 cm³/mol. The summed E-state index contributed by atoms with van der Waals surface area (Å²) < 4.78 is 5.67. The molecule has 1 aliphatic rings. The number of aliphatic hydroxyl groups excluding tert-OH is 1. The van der Waals surface area contributed by atoms with Crippen LogP contribution in [0.3, 0.4) is 0 Å². The maximum absolute atomic E-state index is 9.92. The van der Waals surface area contributed by atoms with Gasteiger partial charge in [0.1, 0.15) is 6.10 Å². The number of aliphatic hydroxyl groups is 1. The van der Waals surface area contributed by atoms with Gasteiger partial charge in [-0.25, -0.2) is 0 Å². The van der Waals surface area contributed by atoms with Gasteiger partial charge < -0.3 is 9.84 Å². The van der Waals surface area contributed by atoms with Gasteiger partial charge in [0.2, 0.25) is 0 Å². The molecule has 0 aromatic heterocycles. The van der Waals surface area contributed by atoms with Crippen LogP contribution in [0.5, 0.6) is 0 Å². The lowest BCUT2D eigenvalue weighted by atomic mass is 9.79. The third-order valence-electron chi connectivity index (χ3n) is 3.94. The first-order valence-electron chi connectivity index (χ1n) is 8.17. The number of hydrogen-bond donors (Lipinski definition) is 1. The van der Waals surface area contributed by atoms with Crippen molar-refractivity contribution in [3.63, 3.8) is 0 Å². The lowest BCUT2D eigenvalue weighted by Gasteiger charge is -2.37. The number of allylic oxidation sites excluding steroid dienone is 1. The standard InChI is InChI=1S/C18H30O2/c1-4-7-9-10-13-17-16(11-6-3)15(12-8-5-2)14-18(19)20-17/h6,11,15-19H,4-5,7-9,12,14H2,1-3H3/b11-6+. The molecular formula is C18H30O2. The minimum atomic E-state index is -0.649. The second kappa shape index (κ2) is 10.0. The molecule has 0 radical (unpaired) electrons. The summed E-state index contributed by atoms with van der Waals surface area (Å²) in [6.45, 7) is 6.43. The summed E-state index contributed by atoms with van der Waals surface area (Å²) in [7, 11) is 0. The Kier molecular flexibility index (Phi) is 8.65. The molecule has 0 spiro atoms. The third-order valence-corrected chi connectivity index (χ3v) is 3.94. The fourth-order valence-electron chi connectivity index (χ4n) is 2.80. The Bertz CT molecular complexity index is 337. The largest absolute Gasteiger partial charge is 0.368 e. The molecule has 1 saturated heterocycles. The zero-order valence-corrected chi connectivity index (χ0v) is 13.3. The van der Waals surface area contributed by atoms with Gasteiger partial charge in [-0.1, -0.05) is 51.2 Å². The molecule has 1 N–H and O–H groups in total. The summed E-state index contributed by atoms with van der Waals surface area (Å²) in [5.74, 6) is 7.28. The summed E-state index contributed by atoms with van der Waals surface area (Å²) in [5, 5.41) is 9.92. The van der Waals surface area contributed by atoms with Crippen molar-refractivity contribution in [3.8, 4) is 11.8 Å². The van der Waals surface area contributed by atoms with E-state index in [0.29, 0.717) is 11.8 Å². The number of hydrogen-bond acceptors (Lipinski definition) is 2. The average molecular weight is 278 g/mol. The molecule has 0 aromatic rings. The van der Waals surface area contributed by atoms with Crippen LogP contribution < -0.4 is 0 Å². The normalized spacial score (nSPS) is 30.2. The maximum Gasteiger partial charge on any atom is 0.156 e. The van der Waals surface area contributed by atoms with Gasteiger partial charge in [0.05, 0.1) is 0 Å². The van der Waals surface area contributed by atoms with Crippen molar-refractivity contribution in [3.05, 3.63) is 12.2 Å². The molecular weight excluding hydrogens is 248 g/mol. The van der Waals surface area contributed by atoms with Gasteiger partial charge in [0.15, 0.2) is 6.29 Å². The highest BCUT2D eigenvalue weighted by Crippen LogP contribution is 2.34. The van der Waals surface area contributed by atoms with Crippen molar-refractivity contribution in [2.24, 2.45) is 11.8 Å². The van der Waals surface area contributed by atoms with E-state index in [1.807, 2.05) is 6.92 Å². The molecule has 4 atom stereocenters. The SMILES string of the molecule is C/C=C/C1C(CCCC)CC(O)OC1C#CCCCC. The van der Waals surface area contributed by atoms with Gasteiger partial charge in [0.25, 0.3) is 0 Å². The van der Waals surface area contributed by atoms with Gasteiger partial charge in [-0.3, -0.25) is 0 Å². The van der Waals surface area contributed by atoms with Crippen LogP contribution in [0.4, 0.5) is 0 Å². The Morgan fingerprint density at radius 1 is 1.25 bits per heavy atom. The van der Waals surface area contributed by atoms with Crippen LogP contribution in [0.25, 0.3) is 0 Å². The molecule has 1 fully saturated rings. The van der Waals surface area contributed by atoms with Crippen molar-refractivity contribution in [2.45, 2.75) is 78.1 Å². The lowest BCUT2D eigenvalue weighted by molar-refractivity contribution is -0.175. The van der Waals surface area contributed by atoms with Crippen molar-refractivity contribution in [1.82, 2.24) is 0 Å². The van der Waals surface area contributed by atoms with Gasteiger partial charge in [0, 0.05) is 18.8 Å². The molecule has 2 nitrogen and oxygen atoms in total. The average Bonchev–Trinajstić information content (AvgIpc) is 2.44. The molecule has 1 rings (SSSR count). The van der Waals surface area contributed by atoms with Crippen molar-refractivity contribution in [2.75, 3.05) is 0 Å². The Balaban J connectivity index is 2.73. The second-order valence-electron chi connectivity index (χ2n) is 5.68. The summed E-state index contributed by atoms with van der Waals surface area (Å²) in [5.41, 5.74) is 0. The predicted octanol–water partition coefficient (Wildman–Crippen LogP) is 4.29. The van der Waals surface area contributed by atoms with E-state index in [1.54, 1.807) is 0 Å². The van der Waals surface area contributed by atoms with Crippen LogP contribution in [-0.4, -0.2) is 17.5 Å². The van der Waals surface area contributed by atoms with E-state index in [-0.39, 0.29) is 6.10 Å². The molecule has 0 aromatic carbocycles.